The van der Waals surface area contributed by atoms with Gasteiger partial charge in [0.1, 0.15) is 5.82 Å². The number of hydrogen-bond acceptors (Lipinski definition) is 3. The second kappa shape index (κ2) is 5.56. The summed E-state index contributed by atoms with van der Waals surface area (Å²) in [4.78, 5) is 18.4. The van der Waals surface area contributed by atoms with Crippen molar-refractivity contribution in [3.8, 4) is 0 Å². The Morgan fingerprint density at radius 1 is 1.40 bits per heavy atom. The van der Waals surface area contributed by atoms with E-state index in [0.717, 1.165) is 45.3 Å². The quantitative estimate of drug-likeness (QED) is 0.904. The zero-order valence-corrected chi connectivity index (χ0v) is 12.5. The lowest BCUT2D eigenvalue weighted by molar-refractivity contribution is -0.132. The monoisotopic (exact) mass is 276 g/mol. The van der Waals surface area contributed by atoms with Crippen molar-refractivity contribution >= 4 is 5.91 Å². The SMILES string of the molecule is CCCc1nc2c(n1C1CCC(=O)N(C)C1)CCNC2. The van der Waals surface area contributed by atoms with Crippen LogP contribution in [0.15, 0.2) is 0 Å². The van der Waals surface area contributed by atoms with E-state index < -0.39 is 0 Å². The molecule has 5 heteroatoms. The lowest BCUT2D eigenvalue weighted by Crippen LogP contribution is -2.39. The highest BCUT2D eigenvalue weighted by Gasteiger charge is 2.29. The van der Waals surface area contributed by atoms with E-state index in [1.54, 1.807) is 0 Å². The zero-order chi connectivity index (χ0) is 14.1. The summed E-state index contributed by atoms with van der Waals surface area (Å²) in [6, 6.07) is 0.411. The molecule has 0 spiro atoms. The second-order valence-electron chi connectivity index (χ2n) is 5.93. The molecule has 2 aliphatic rings. The molecule has 3 rings (SSSR count). The van der Waals surface area contributed by atoms with E-state index in [4.69, 9.17) is 4.98 Å². The molecule has 1 saturated heterocycles. The third-order valence-electron chi connectivity index (χ3n) is 4.44. The maximum Gasteiger partial charge on any atom is 0.222 e. The summed E-state index contributed by atoms with van der Waals surface area (Å²) in [6.45, 7) is 4.95. The number of likely N-dealkylation sites (tertiary alicyclic amines) is 1. The summed E-state index contributed by atoms with van der Waals surface area (Å²) in [5, 5.41) is 3.40. The van der Waals surface area contributed by atoms with Gasteiger partial charge in [0.25, 0.3) is 0 Å². The molecular weight excluding hydrogens is 252 g/mol. The largest absolute Gasteiger partial charge is 0.344 e. The standard InChI is InChI=1S/C15H24N4O/c1-3-4-14-17-12-9-16-8-7-13(12)19(14)11-5-6-15(20)18(2)10-11/h11,16H,3-10H2,1-2H3. The highest BCUT2D eigenvalue weighted by atomic mass is 16.2. The van der Waals surface area contributed by atoms with E-state index >= 15 is 0 Å². The Balaban J connectivity index is 1.94. The van der Waals surface area contributed by atoms with Crippen LogP contribution >= 0.6 is 0 Å². The molecule has 0 aromatic carbocycles. The summed E-state index contributed by atoms with van der Waals surface area (Å²) in [6.07, 6.45) is 4.82. The Kier molecular flexibility index (Phi) is 3.78. The molecular formula is C15H24N4O. The Morgan fingerprint density at radius 3 is 3.00 bits per heavy atom. The first kappa shape index (κ1) is 13.6. The summed E-state index contributed by atoms with van der Waals surface area (Å²) < 4.78 is 2.46. The minimum atomic E-state index is 0.272. The number of aryl methyl sites for hydroxylation is 1. The van der Waals surface area contributed by atoms with Crippen LogP contribution in [0.3, 0.4) is 0 Å². The number of nitrogens with zero attached hydrogens (tertiary/aromatic N) is 3. The van der Waals surface area contributed by atoms with Crippen molar-refractivity contribution in [1.82, 2.24) is 19.8 Å². The fourth-order valence-electron chi connectivity index (χ4n) is 3.42. The fraction of sp³-hybridized carbons (Fsp3) is 0.733. The molecule has 1 unspecified atom stereocenters. The summed E-state index contributed by atoms with van der Waals surface area (Å²) >= 11 is 0. The first-order valence-corrected chi connectivity index (χ1v) is 7.74. The van der Waals surface area contributed by atoms with Gasteiger partial charge in [-0.05, 0) is 12.8 Å². The number of carbonyl (C=O) groups is 1. The molecule has 20 heavy (non-hydrogen) atoms. The number of rotatable bonds is 3. The number of nitrogens with one attached hydrogen (secondary N) is 1. The zero-order valence-electron chi connectivity index (χ0n) is 12.5. The number of imidazole rings is 1. The molecule has 1 fully saturated rings. The van der Waals surface area contributed by atoms with E-state index in [-0.39, 0.29) is 5.91 Å². The van der Waals surface area contributed by atoms with Crippen LogP contribution in [-0.2, 0) is 24.2 Å². The highest BCUT2D eigenvalue weighted by molar-refractivity contribution is 5.76. The number of likely N-dealkylation sites (N-methyl/N-ethyl adjacent to an activating group) is 1. The van der Waals surface area contributed by atoms with Crippen LogP contribution in [0.1, 0.15) is 49.4 Å². The van der Waals surface area contributed by atoms with Crippen LogP contribution in [0.4, 0.5) is 0 Å². The lowest BCUT2D eigenvalue weighted by atomic mass is 10.0. The Morgan fingerprint density at radius 2 is 2.25 bits per heavy atom. The smallest absolute Gasteiger partial charge is 0.222 e. The van der Waals surface area contributed by atoms with Crippen LogP contribution in [-0.4, -0.2) is 40.5 Å². The molecule has 1 amide bonds. The molecule has 0 radical (unpaired) electrons. The molecule has 5 nitrogen and oxygen atoms in total. The molecule has 2 aliphatic heterocycles. The molecule has 1 atom stereocenters. The van der Waals surface area contributed by atoms with E-state index in [2.05, 4.69) is 16.8 Å². The van der Waals surface area contributed by atoms with Gasteiger partial charge in [-0.15, -0.1) is 0 Å². The van der Waals surface area contributed by atoms with Gasteiger partial charge in [-0.3, -0.25) is 4.79 Å². The van der Waals surface area contributed by atoms with Gasteiger partial charge in [0.2, 0.25) is 5.91 Å². The Labute approximate surface area is 120 Å². The summed E-state index contributed by atoms with van der Waals surface area (Å²) in [5.74, 6) is 1.49. The van der Waals surface area contributed by atoms with Crippen molar-refractivity contribution in [2.75, 3.05) is 20.1 Å². The van der Waals surface area contributed by atoms with Gasteiger partial charge in [-0.2, -0.15) is 0 Å². The maximum atomic E-state index is 11.7. The Bertz CT molecular complexity index is 508. The van der Waals surface area contributed by atoms with Gasteiger partial charge in [0.05, 0.1) is 11.7 Å². The van der Waals surface area contributed by atoms with Gasteiger partial charge < -0.3 is 14.8 Å². The number of hydrogen-bond donors (Lipinski definition) is 1. The first-order valence-electron chi connectivity index (χ1n) is 7.74. The van der Waals surface area contributed by atoms with Gasteiger partial charge in [-0.1, -0.05) is 6.92 Å². The average Bonchev–Trinajstić information content (AvgIpc) is 2.80. The second-order valence-corrected chi connectivity index (χ2v) is 5.93. The minimum Gasteiger partial charge on any atom is -0.344 e. The predicted octanol–water partition coefficient (Wildman–Crippen LogP) is 1.27. The number of carbonyl (C=O) groups excluding carboxylic acids is 1. The third-order valence-corrected chi connectivity index (χ3v) is 4.44. The van der Waals surface area contributed by atoms with Gasteiger partial charge in [0.15, 0.2) is 0 Å². The highest BCUT2D eigenvalue weighted by Crippen LogP contribution is 2.28. The van der Waals surface area contributed by atoms with E-state index in [0.29, 0.717) is 12.5 Å². The van der Waals surface area contributed by atoms with E-state index in [1.165, 1.54) is 17.2 Å². The molecule has 1 aromatic heterocycles. The van der Waals surface area contributed by atoms with Crippen LogP contribution in [0.2, 0.25) is 0 Å². The average molecular weight is 276 g/mol. The van der Waals surface area contributed by atoms with Crippen molar-refractivity contribution in [3.05, 3.63) is 17.2 Å². The van der Waals surface area contributed by atoms with Crippen LogP contribution in [0, 0.1) is 0 Å². The molecule has 0 bridgehead atoms. The molecule has 1 N–H and O–H groups in total. The molecule has 110 valence electrons. The van der Waals surface area contributed by atoms with Crippen molar-refractivity contribution in [1.29, 1.82) is 0 Å². The maximum absolute atomic E-state index is 11.7. The van der Waals surface area contributed by atoms with Gasteiger partial charge >= 0.3 is 0 Å². The first-order chi connectivity index (χ1) is 9.70. The molecule has 3 heterocycles. The van der Waals surface area contributed by atoms with E-state index in [9.17, 15) is 4.79 Å². The van der Waals surface area contributed by atoms with Crippen molar-refractivity contribution < 1.29 is 4.79 Å². The normalized spacial score (nSPS) is 23.0. The number of aromatic nitrogens is 2. The van der Waals surface area contributed by atoms with E-state index in [1.807, 2.05) is 11.9 Å². The number of amides is 1. The molecule has 0 saturated carbocycles. The third kappa shape index (κ3) is 2.35. The summed E-state index contributed by atoms with van der Waals surface area (Å²) in [7, 11) is 1.92. The molecule has 0 aliphatic carbocycles. The van der Waals surface area contributed by atoms with Gasteiger partial charge in [-0.25, -0.2) is 4.98 Å². The van der Waals surface area contributed by atoms with Gasteiger partial charge in [0, 0.05) is 51.6 Å². The molecule has 1 aromatic rings. The number of piperidine rings is 1. The van der Waals surface area contributed by atoms with Crippen molar-refractivity contribution in [2.24, 2.45) is 0 Å². The van der Waals surface area contributed by atoms with Crippen molar-refractivity contribution in [2.45, 2.75) is 51.6 Å². The van der Waals surface area contributed by atoms with Crippen LogP contribution in [0.5, 0.6) is 0 Å². The predicted molar refractivity (Wildman–Crippen MR) is 77.5 cm³/mol. The van der Waals surface area contributed by atoms with Crippen LogP contribution in [0.25, 0.3) is 0 Å². The topological polar surface area (TPSA) is 50.2 Å². The Hall–Kier alpha value is -1.36. The minimum absolute atomic E-state index is 0.272. The van der Waals surface area contributed by atoms with Crippen molar-refractivity contribution in [3.63, 3.8) is 0 Å². The lowest BCUT2D eigenvalue weighted by Gasteiger charge is -2.33. The van der Waals surface area contributed by atoms with Crippen LogP contribution < -0.4 is 5.32 Å². The summed E-state index contributed by atoms with van der Waals surface area (Å²) in [5.41, 5.74) is 2.62. The fourth-order valence-corrected chi connectivity index (χ4v) is 3.42. The number of fused-ring (bicyclic) bond motifs is 1.